The minimum Gasteiger partial charge on any atom is -0.477 e. The summed E-state index contributed by atoms with van der Waals surface area (Å²) in [5.41, 5.74) is 1.51. The van der Waals surface area contributed by atoms with Crippen LogP contribution >= 0.6 is 23.3 Å². The lowest BCUT2D eigenvalue weighted by Crippen LogP contribution is -2.35. The number of alkyl halides is 2. The first-order valence-electron chi connectivity index (χ1n) is 9.57. The fourth-order valence-electron chi connectivity index (χ4n) is 2.78. The molecule has 0 bridgehead atoms. The van der Waals surface area contributed by atoms with Gasteiger partial charge in [-0.2, -0.15) is 8.78 Å². The lowest BCUT2D eigenvalue weighted by Gasteiger charge is -2.22. The van der Waals surface area contributed by atoms with Gasteiger partial charge in [0.15, 0.2) is 5.01 Å². The van der Waals surface area contributed by atoms with Gasteiger partial charge in [-0.25, -0.2) is 9.97 Å². The molecule has 0 spiro atoms. The normalized spacial score (nSPS) is 12.9. The fraction of sp³-hybridized carbons (Fsp3) is 0.300. The number of hydrogen-bond donors (Lipinski definition) is 3. The maximum Gasteiger partial charge on any atom is 0.302 e. The summed E-state index contributed by atoms with van der Waals surface area (Å²) in [7, 11) is 0. The quantitative estimate of drug-likeness (QED) is 0.371. The van der Waals surface area contributed by atoms with Crippen LogP contribution in [0.15, 0.2) is 42.9 Å². The van der Waals surface area contributed by atoms with E-state index in [1.54, 1.807) is 30.5 Å². The Labute approximate surface area is 191 Å². The number of halogens is 2. The first kappa shape index (κ1) is 23.8. The highest BCUT2D eigenvalue weighted by Crippen LogP contribution is 2.27. The smallest absolute Gasteiger partial charge is 0.302 e. The number of nitrogens with zero attached hydrogens (tertiary/aromatic N) is 3. The van der Waals surface area contributed by atoms with E-state index in [1.165, 1.54) is 19.3 Å². The van der Waals surface area contributed by atoms with Crippen molar-refractivity contribution >= 4 is 34.9 Å². The van der Waals surface area contributed by atoms with Gasteiger partial charge >= 0.3 is 5.76 Å². The summed E-state index contributed by atoms with van der Waals surface area (Å²) >= 11 is 1.39. The Morgan fingerprint density at radius 2 is 2.12 bits per heavy atom. The number of carbonyl (C=O) groups excluding carboxylic acids is 1. The van der Waals surface area contributed by atoms with Crippen LogP contribution in [0.1, 0.15) is 35.3 Å². The molecule has 32 heavy (non-hydrogen) atoms. The zero-order valence-corrected chi connectivity index (χ0v) is 18.8. The number of benzene rings is 1. The zero-order valence-electron chi connectivity index (χ0n) is 17.2. The van der Waals surface area contributed by atoms with Gasteiger partial charge in [0, 0.05) is 23.8 Å². The summed E-state index contributed by atoms with van der Waals surface area (Å²) in [5, 5.41) is 13.2. The van der Waals surface area contributed by atoms with Crippen molar-refractivity contribution < 1.29 is 23.4 Å². The lowest BCUT2D eigenvalue weighted by molar-refractivity contribution is 0.0858. The van der Waals surface area contributed by atoms with E-state index in [1.807, 2.05) is 6.92 Å². The Morgan fingerprint density at radius 1 is 1.31 bits per heavy atom. The van der Waals surface area contributed by atoms with E-state index in [0.29, 0.717) is 34.3 Å². The molecule has 0 aliphatic rings. The van der Waals surface area contributed by atoms with Gasteiger partial charge in [0.1, 0.15) is 5.69 Å². The van der Waals surface area contributed by atoms with Crippen LogP contribution in [-0.4, -0.2) is 44.4 Å². The molecule has 2 heterocycles. The van der Waals surface area contributed by atoms with Crippen molar-refractivity contribution in [1.29, 1.82) is 0 Å². The van der Waals surface area contributed by atoms with E-state index < -0.39 is 23.8 Å². The maximum absolute atomic E-state index is 12.8. The van der Waals surface area contributed by atoms with Crippen molar-refractivity contribution in [2.75, 3.05) is 11.3 Å². The van der Waals surface area contributed by atoms with Gasteiger partial charge in [0.2, 0.25) is 5.88 Å². The van der Waals surface area contributed by atoms with Crippen molar-refractivity contribution in [3.8, 4) is 16.5 Å². The zero-order chi connectivity index (χ0) is 23.1. The van der Waals surface area contributed by atoms with E-state index in [2.05, 4.69) is 25.0 Å². The van der Waals surface area contributed by atoms with Crippen LogP contribution in [0.2, 0.25) is 0 Å². The molecule has 0 saturated heterocycles. The van der Waals surface area contributed by atoms with Crippen LogP contribution in [0, 0.1) is 0 Å². The average molecular weight is 482 g/mol. The van der Waals surface area contributed by atoms with Gasteiger partial charge in [-0.05, 0) is 31.5 Å². The van der Waals surface area contributed by atoms with E-state index in [0.717, 1.165) is 11.3 Å². The van der Waals surface area contributed by atoms with Crippen molar-refractivity contribution in [1.82, 2.24) is 20.3 Å². The number of amides is 1. The number of aromatic nitrogens is 3. The monoisotopic (exact) mass is 481 g/mol. The minimum atomic E-state index is -2.58. The van der Waals surface area contributed by atoms with E-state index in [9.17, 15) is 18.7 Å². The predicted molar refractivity (Wildman–Crippen MR) is 120 cm³/mol. The number of rotatable bonds is 10. The highest BCUT2D eigenvalue weighted by molar-refractivity contribution is 8.00. The number of carbonyl (C=O) groups is 1. The molecule has 8 nitrogen and oxygen atoms in total. The number of aliphatic hydroxyl groups is 1. The third kappa shape index (κ3) is 6.34. The van der Waals surface area contributed by atoms with Crippen LogP contribution in [0.5, 0.6) is 5.88 Å². The summed E-state index contributed by atoms with van der Waals surface area (Å²) in [4.78, 5) is 26.0. The Bertz CT molecular complexity index is 1050. The Balaban J connectivity index is 1.75. The molecule has 0 aliphatic carbocycles. The third-order valence-corrected chi connectivity index (χ3v) is 5.69. The second kappa shape index (κ2) is 11.2. The summed E-state index contributed by atoms with van der Waals surface area (Å²) in [6.45, 7) is 3.82. The van der Waals surface area contributed by atoms with E-state index in [-0.39, 0.29) is 17.0 Å². The number of nitrogens with one attached hydrogen (secondary N) is 2. The molecule has 3 aromatic rings. The van der Waals surface area contributed by atoms with Crippen molar-refractivity contribution in [2.24, 2.45) is 0 Å². The molecule has 1 aromatic carbocycles. The summed E-state index contributed by atoms with van der Waals surface area (Å²) < 4.78 is 32.8. The van der Waals surface area contributed by atoms with Crippen LogP contribution < -0.4 is 14.8 Å². The maximum atomic E-state index is 12.8. The molecule has 12 heteroatoms. The predicted octanol–water partition coefficient (Wildman–Crippen LogP) is 4.13. The van der Waals surface area contributed by atoms with Crippen molar-refractivity contribution in [2.45, 2.75) is 31.8 Å². The number of anilines is 1. The topological polar surface area (TPSA) is 109 Å². The van der Waals surface area contributed by atoms with E-state index in [4.69, 9.17) is 4.74 Å². The molecule has 3 rings (SSSR count). The highest BCUT2D eigenvalue weighted by Gasteiger charge is 2.23. The third-order valence-electron chi connectivity index (χ3n) is 4.14. The highest BCUT2D eigenvalue weighted by atomic mass is 32.2. The molecule has 3 N–H and O–H groups in total. The molecular formula is C20H21F2N5O3S2. The fourth-order valence-corrected chi connectivity index (χ4v) is 3.90. The lowest BCUT2D eigenvalue weighted by atomic mass is 10.0. The number of thiazole rings is 1. The van der Waals surface area contributed by atoms with Gasteiger partial charge in [0.05, 0.1) is 36.0 Å². The Hall–Kier alpha value is -2.83. The number of ether oxygens (including phenoxy) is 1. The molecule has 1 amide bonds. The molecule has 2 aromatic heterocycles. The van der Waals surface area contributed by atoms with Gasteiger partial charge in [0.25, 0.3) is 5.91 Å². The Morgan fingerprint density at radius 3 is 2.84 bits per heavy atom. The first-order valence-corrected chi connectivity index (χ1v) is 11.3. The molecule has 0 fully saturated rings. The SMILES string of the molecule is CCOc1cncc(-c2cnc(C(=O)NC(c3cccc(NSC(F)F)c3)C(C)O)s2)n1. The standard InChI is InChI=1S/C20H21F2N5O3S2/c1-3-30-16-10-23-8-14(25-16)15-9-24-19(31-15)18(29)26-17(11(2)28)12-5-4-6-13(7-12)27-32-20(21)22/h4-11,17,20,27-28H,3H2,1-2H3,(H,26,29). The van der Waals surface area contributed by atoms with Crippen LogP contribution in [-0.2, 0) is 0 Å². The molecular weight excluding hydrogens is 460 g/mol. The average Bonchev–Trinajstić information content (AvgIpc) is 3.27. The molecule has 2 atom stereocenters. The molecule has 0 saturated carbocycles. The summed E-state index contributed by atoms with van der Waals surface area (Å²) in [5.74, 6) is -2.69. The molecule has 170 valence electrons. The molecule has 0 aliphatic heterocycles. The van der Waals surface area contributed by atoms with Crippen LogP contribution in [0.4, 0.5) is 14.5 Å². The van der Waals surface area contributed by atoms with E-state index >= 15 is 0 Å². The van der Waals surface area contributed by atoms with Gasteiger partial charge in [-0.3, -0.25) is 9.78 Å². The van der Waals surface area contributed by atoms with Crippen molar-refractivity contribution in [3.63, 3.8) is 0 Å². The molecule has 2 unspecified atom stereocenters. The van der Waals surface area contributed by atoms with Crippen LogP contribution in [0.25, 0.3) is 10.6 Å². The van der Waals surface area contributed by atoms with Gasteiger partial charge in [-0.15, -0.1) is 11.3 Å². The Kier molecular flexibility index (Phi) is 8.31. The van der Waals surface area contributed by atoms with Crippen LogP contribution in [0.3, 0.4) is 0 Å². The van der Waals surface area contributed by atoms with Gasteiger partial charge < -0.3 is 19.9 Å². The summed E-state index contributed by atoms with van der Waals surface area (Å²) in [6, 6.07) is 5.78. The second-order valence-corrected chi connectivity index (χ2v) is 8.33. The number of aliphatic hydroxyl groups excluding tert-OH is 1. The second-order valence-electron chi connectivity index (χ2n) is 6.50. The summed E-state index contributed by atoms with van der Waals surface area (Å²) in [6.07, 6.45) is 3.62. The first-order chi connectivity index (χ1) is 15.4. The van der Waals surface area contributed by atoms with Gasteiger partial charge in [-0.1, -0.05) is 12.1 Å². The minimum absolute atomic E-state index is 0.178. The number of hydrogen-bond acceptors (Lipinski definition) is 9. The largest absolute Gasteiger partial charge is 0.477 e. The van der Waals surface area contributed by atoms with Crippen molar-refractivity contribution in [3.05, 3.63) is 53.4 Å². The molecule has 0 radical (unpaired) electrons.